The number of carboxylic acid groups (broad SMARTS) is 1. The highest BCUT2D eigenvalue weighted by Gasteiger charge is 2.04. The van der Waals surface area contributed by atoms with E-state index < -0.39 is 5.97 Å². The lowest BCUT2D eigenvalue weighted by Crippen LogP contribution is -1.96. The average Bonchev–Trinajstić information content (AvgIpc) is 2.23. The fourth-order valence-electron chi connectivity index (χ4n) is 1.18. The number of rotatable bonds is 4. The van der Waals surface area contributed by atoms with Gasteiger partial charge in [-0.1, -0.05) is 35.5 Å². The van der Waals surface area contributed by atoms with Gasteiger partial charge < -0.3 is 5.11 Å². The molecule has 0 atom stereocenters. The van der Waals surface area contributed by atoms with Gasteiger partial charge in [-0.05, 0) is 23.8 Å². The number of carboxylic acids is 1. The standard InChI is InChI=1S/C12H11ClO3S/c1-8(14)17-4-2-3-9-5-10(12(15)16)7-11(13)6-9/h2-3,5-7H,4H2,1H3,(H,15,16). The molecule has 17 heavy (non-hydrogen) atoms. The van der Waals surface area contributed by atoms with Gasteiger partial charge in [0.25, 0.3) is 0 Å². The average molecular weight is 271 g/mol. The van der Waals surface area contributed by atoms with Gasteiger partial charge in [-0.25, -0.2) is 4.79 Å². The SMILES string of the molecule is CC(=O)SCC=Cc1cc(Cl)cc(C(=O)O)c1. The van der Waals surface area contributed by atoms with Crippen molar-refractivity contribution in [2.75, 3.05) is 5.75 Å². The molecule has 90 valence electrons. The van der Waals surface area contributed by atoms with Crippen LogP contribution in [0, 0.1) is 0 Å². The van der Waals surface area contributed by atoms with E-state index in [0.717, 1.165) is 0 Å². The van der Waals surface area contributed by atoms with E-state index in [1.165, 1.54) is 30.8 Å². The summed E-state index contributed by atoms with van der Waals surface area (Å²) in [5, 5.41) is 9.27. The minimum Gasteiger partial charge on any atom is -0.478 e. The topological polar surface area (TPSA) is 54.4 Å². The molecule has 0 aromatic heterocycles. The van der Waals surface area contributed by atoms with Gasteiger partial charge in [0, 0.05) is 17.7 Å². The van der Waals surface area contributed by atoms with Crippen molar-refractivity contribution in [1.29, 1.82) is 0 Å². The first-order valence-corrected chi connectivity index (χ1v) is 6.19. The lowest BCUT2D eigenvalue weighted by molar-refractivity contribution is -0.109. The first-order valence-electron chi connectivity index (χ1n) is 4.83. The van der Waals surface area contributed by atoms with Crippen molar-refractivity contribution < 1.29 is 14.7 Å². The van der Waals surface area contributed by atoms with Gasteiger partial charge in [-0.2, -0.15) is 0 Å². The van der Waals surface area contributed by atoms with Gasteiger partial charge in [0.15, 0.2) is 5.12 Å². The van der Waals surface area contributed by atoms with Crippen LogP contribution in [-0.4, -0.2) is 21.9 Å². The van der Waals surface area contributed by atoms with E-state index in [0.29, 0.717) is 16.3 Å². The Balaban J connectivity index is 2.77. The molecule has 0 heterocycles. The van der Waals surface area contributed by atoms with Crippen LogP contribution in [0.3, 0.4) is 0 Å². The molecule has 0 radical (unpaired) electrons. The predicted molar refractivity (Wildman–Crippen MR) is 70.6 cm³/mol. The molecule has 0 bridgehead atoms. The van der Waals surface area contributed by atoms with E-state index in [1.54, 1.807) is 18.2 Å². The van der Waals surface area contributed by atoms with Crippen molar-refractivity contribution in [3.8, 4) is 0 Å². The molecule has 5 heteroatoms. The van der Waals surface area contributed by atoms with Crippen molar-refractivity contribution >= 4 is 40.5 Å². The second-order valence-corrected chi connectivity index (χ2v) is 4.92. The van der Waals surface area contributed by atoms with Crippen LogP contribution >= 0.6 is 23.4 Å². The van der Waals surface area contributed by atoms with Crippen molar-refractivity contribution in [1.82, 2.24) is 0 Å². The minimum absolute atomic E-state index is 0.0481. The fraction of sp³-hybridized carbons (Fsp3) is 0.167. The zero-order valence-corrected chi connectivity index (χ0v) is 10.7. The summed E-state index contributed by atoms with van der Waals surface area (Å²) in [4.78, 5) is 21.5. The van der Waals surface area contributed by atoms with E-state index in [-0.39, 0.29) is 10.7 Å². The maximum Gasteiger partial charge on any atom is 0.335 e. The maximum absolute atomic E-state index is 10.8. The molecule has 0 amide bonds. The Morgan fingerprint density at radius 2 is 2.12 bits per heavy atom. The van der Waals surface area contributed by atoms with Gasteiger partial charge >= 0.3 is 5.97 Å². The lowest BCUT2D eigenvalue weighted by atomic mass is 10.1. The van der Waals surface area contributed by atoms with Crippen LogP contribution in [0.1, 0.15) is 22.8 Å². The molecule has 1 aromatic rings. The molecule has 0 saturated heterocycles. The second-order valence-electron chi connectivity index (χ2n) is 3.28. The molecule has 0 aliphatic rings. The molecule has 0 unspecified atom stereocenters. The third-order valence-corrected chi connectivity index (χ3v) is 2.84. The number of carbonyl (C=O) groups is 2. The van der Waals surface area contributed by atoms with Crippen LogP contribution in [0.15, 0.2) is 24.3 Å². The Morgan fingerprint density at radius 1 is 1.41 bits per heavy atom. The molecule has 0 spiro atoms. The van der Waals surface area contributed by atoms with Gasteiger partial charge in [-0.3, -0.25) is 4.79 Å². The monoisotopic (exact) mass is 270 g/mol. The summed E-state index contributed by atoms with van der Waals surface area (Å²) in [6, 6.07) is 4.59. The van der Waals surface area contributed by atoms with Crippen molar-refractivity contribution in [3.05, 3.63) is 40.4 Å². The number of aromatic carboxylic acids is 1. The summed E-state index contributed by atoms with van der Waals surface area (Å²) in [5.41, 5.74) is 0.857. The van der Waals surface area contributed by atoms with Crippen LogP contribution in [0.5, 0.6) is 0 Å². The Labute approximate surface area is 108 Å². The van der Waals surface area contributed by atoms with Gasteiger partial charge in [0.2, 0.25) is 0 Å². The first-order chi connectivity index (χ1) is 7.99. The molecule has 3 nitrogen and oxygen atoms in total. The van der Waals surface area contributed by atoms with Crippen LogP contribution in [-0.2, 0) is 4.79 Å². The van der Waals surface area contributed by atoms with Crippen molar-refractivity contribution in [2.24, 2.45) is 0 Å². The number of benzene rings is 1. The summed E-state index contributed by atoms with van der Waals surface area (Å²) >= 11 is 6.99. The Kier molecular flexibility index (Phi) is 5.25. The third kappa shape index (κ3) is 5.06. The fourth-order valence-corrected chi connectivity index (χ4v) is 1.85. The number of thioether (sulfide) groups is 1. The van der Waals surface area contributed by atoms with E-state index in [4.69, 9.17) is 16.7 Å². The van der Waals surface area contributed by atoms with Crippen molar-refractivity contribution in [3.63, 3.8) is 0 Å². The molecule has 0 saturated carbocycles. The molecule has 0 aliphatic heterocycles. The quantitative estimate of drug-likeness (QED) is 0.912. The smallest absolute Gasteiger partial charge is 0.335 e. The zero-order valence-electron chi connectivity index (χ0n) is 9.14. The second kappa shape index (κ2) is 6.47. The molecular weight excluding hydrogens is 260 g/mol. The number of halogens is 1. The molecule has 0 aliphatic carbocycles. The normalized spacial score (nSPS) is 10.7. The highest BCUT2D eigenvalue weighted by atomic mass is 35.5. The largest absolute Gasteiger partial charge is 0.478 e. The van der Waals surface area contributed by atoms with Crippen LogP contribution in [0.4, 0.5) is 0 Å². The summed E-state index contributed by atoms with van der Waals surface area (Å²) in [6.45, 7) is 1.50. The highest BCUT2D eigenvalue weighted by Crippen LogP contribution is 2.16. The number of hydrogen-bond donors (Lipinski definition) is 1. The van der Waals surface area contributed by atoms with Gasteiger partial charge in [-0.15, -0.1) is 0 Å². The Morgan fingerprint density at radius 3 is 2.71 bits per heavy atom. The predicted octanol–water partition coefficient (Wildman–Crippen LogP) is 3.33. The molecule has 1 N–H and O–H groups in total. The first kappa shape index (κ1) is 13.8. The Bertz CT molecular complexity index is 469. The van der Waals surface area contributed by atoms with Gasteiger partial charge in [0.05, 0.1) is 5.56 Å². The molecular formula is C12H11ClO3S. The molecule has 1 rings (SSSR count). The summed E-state index contributed by atoms with van der Waals surface area (Å²) in [5.74, 6) is -0.454. The van der Waals surface area contributed by atoms with Gasteiger partial charge in [0.1, 0.15) is 0 Å². The summed E-state index contributed by atoms with van der Waals surface area (Å²) < 4.78 is 0. The summed E-state index contributed by atoms with van der Waals surface area (Å²) in [7, 11) is 0. The molecule has 0 fully saturated rings. The summed E-state index contributed by atoms with van der Waals surface area (Å²) in [6.07, 6.45) is 3.54. The van der Waals surface area contributed by atoms with Crippen molar-refractivity contribution in [2.45, 2.75) is 6.92 Å². The van der Waals surface area contributed by atoms with E-state index in [2.05, 4.69) is 0 Å². The third-order valence-electron chi connectivity index (χ3n) is 1.86. The lowest BCUT2D eigenvalue weighted by Gasteiger charge is -1.99. The van der Waals surface area contributed by atoms with Crippen LogP contribution in [0.25, 0.3) is 6.08 Å². The van der Waals surface area contributed by atoms with E-state index in [9.17, 15) is 9.59 Å². The molecule has 1 aromatic carbocycles. The van der Waals surface area contributed by atoms with Crippen LogP contribution < -0.4 is 0 Å². The highest BCUT2D eigenvalue weighted by molar-refractivity contribution is 8.13. The van der Waals surface area contributed by atoms with E-state index in [1.807, 2.05) is 0 Å². The number of carbonyl (C=O) groups excluding carboxylic acids is 1. The zero-order chi connectivity index (χ0) is 12.8. The maximum atomic E-state index is 10.8. The van der Waals surface area contributed by atoms with Crippen LogP contribution in [0.2, 0.25) is 5.02 Å². The number of hydrogen-bond acceptors (Lipinski definition) is 3. The van der Waals surface area contributed by atoms with E-state index >= 15 is 0 Å². The Hall–Kier alpha value is -1.26. The minimum atomic E-state index is -1.01.